The van der Waals surface area contributed by atoms with E-state index in [2.05, 4.69) is 20.6 Å². The molecule has 2 aromatic heterocycles. The smallest absolute Gasteiger partial charge is 0.345 e. The second-order valence-corrected chi connectivity index (χ2v) is 8.35. The number of hydrogen-bond acceptors (Lipinski definition) is 7. The van der Waals surface area contributed by atoms with Crippen LogP contribution in [0.25, 0.3) is 0 Å². The molecule has 9 nitrogen and oxygen atoms in total. The van der Waals surface area contributed by atoms with Gasteiger partial charge in [-0.3, -0.25) is 10.1 Å². The normalized spacial score (nSPS) is 15.9. The Bertz CT molecular complexity index is 1370. The number of nitrogens with zero attached hydrogens (tertiary/aromatic N) is 3. The van der Waals surface area contributed by atoms with Crippen molar-refractivity contribution in [2.45, 2.75) is 31.7 Å². The summed E-state index contributed by atoms with van der Waals surface area (Å²) in [4.78, 5) is 45.5. The molecular formula is C25H19ClFN5O4. The van der Waals surface area contributed by atoms with Crippen molar-refractivity contribution in [2.24, 2.45) is 0 Å². The molecule has 0 spiro atoms. The third-order valence-corrected chi connectivity index (χ3v) is 5.76. The first-order valence-electron chi connectivity index (χ1n) is 10.9. The van der Waals surface area contributed by atoms with Gasteiger partial charge < -0.3 is 10.1 Å². The number of rotatable bonds is 7. The molecule has 1 saturated carbocycles. The van der Waals surface area contributed by atoms with Gasteiger partial charge in [0.05, 0.1) is 16.7 Å². The van der Waals surface area contributed by atoms with Gasteiger partial charge >= 0.3 is 12.0 Å². The highest BCUT2D eigenvalue weighted by molar-refractivity contribution is 6.29. The lowest BCUT2D eigenvalue weighted by atomic mass is 10.00. The summed E-state index contributed by atoms with van der Waals surface area (Å²) in [6, 6.07) is 9.10. The summed E-state index contributed by atoms with van der Waals surface area (Å²) in [5, 5.41) is 14.3. The number of urea groups is 1. The fraction of sp³-hybridized carbons (Fsp3) is 0.200. The Kier molecular flexibility index (Phi) is 7.22. The second-order valence-electron chi connectivity index (χ2n) is 7.96. The van der Waals surface area contributed by atoms with E-state index in [9.17, 15) is 14.4 Å². The van der Waals surface area contributed by atoms with E-state index in [0.717, 1.165) is 6.07 Å². The number of esters is 1. The van der Waals surface area contributed by atoms with Gasteiger partial charge in [-0.25, -0.2) is 23.9 Å². The molecule has 2 unspecified atom stereocenters. The van der Waals surface area contributed by atoms with Crippen molar-refractivity contribution in [1.82, 2.24) is 15.3 Å². The number of ether oxygens (including phenoxy) is 1. The molecule has 2 amide bonds. The van der Waals surface area contributed by atoms with Crippen LogP contribution in [0, 0.1) is 17.1 Å². The van der Waals surface area contributed by atoms with Crippen molar-refractivity contribution in [3.63, 3.8) is 0 Å². The Balaban J connectivity index is 1.55. The molecule has 0 bridgehead atoms. The highest BCUT2D eigenvalue weighted by Crippen LogP contribution is 2.47. The minimum atomic E-state index is -0.828. The molecule has 0 radical (unpaired) electrons. The van der Waals surface area contributed by atoms with Crippen LogP contribution in [0.4, 0.5) is 15.0 Å². The Hall–Kier alpha value is -4.36. The zero-order valence-corrected chi connectivity index (χ0v) is 19.7. The maximum Gasteiger partial charge on any atom is 0.345 e. The van der Waals surface area contributed by atoms with Crippen LogP contribution in [0.2, 0.25) is 5.15 Å². The lowest BCUT2D eigenvalue weighted by Crippen LogP contribution is -2.31. The maximum absolute atomic E-state index is 15.0. The number of anilines is 1. The fourth-order valence-electron chi connectivity index (χ4n) is 3.62. The van der Waals surface area contributed by atoms with Gasteiger partial charge in [0.25, 0.3) is 0 Å². The van der Waals surface area contributed by atoms with E-state index < -0.39 is 29.8 Å². The van der Waals surface area contributed by atoms with E-state index in [0.29, 0.717) is 12.0 Å². The number of nitrogens with one attached hydrogen (secondary N) is 2. The van der Waals surface area contributed by atoms with Gasteiger partial charge in [0.2, 0.25) is 0 Å². The molecule has 4 rings (SSSR count). The van der Waals surface area contributed by atoms with Crippen LogP contribution in [0.1, 0.15) is 57.5 Å². The SMILES string of the molecule is CCC(=O)c1ccc(F)c(C2CC2NC(=O)Nc2ccc(C#N)cn2)c1OC(=O)c1ccc(Cl)nc1. The number of benzene rings is 1. The monoisotopic (exact) mass is 507 g/mol. The van der Waals surface area contributed by atoms with Crippen molar-refractivity contribution < 1.29 is 23.5 Å². The molecule has 2 heterocycles. The molecule has 0 saturated heterocycles. The van der Waals surface area contributed by atoms with Crippen molar-refractivity contribution in [3.05, 3.63) is 82.0 Å². The number of carbonyl (C=O) groups is 3. The number of hydrogen-bond donors (Lipinski definition) is 2. The van der Waals surface area contributed by atoms with E-state index in [1.54, 1.807) is 6.92 Å². The minimum Gasteiger partial charge on any atom is -0.422 e. The third kappa shape index (κ3) is 5.47. The number of ketones is 1. The van der Waals surface area contributed by atoms with Crippen LogP contribution in [0.3, 0.4) is 0 Å². The molecule has 1 aliphatic rings. The van der Waals surface area contributed by atoms with Gasteiger partial charge in [0.15, 0.2) is 5.78 Å². The summed E-state index contributed by atoms with van der Waals surface area (Å²) in [7, 11) is 0. The first kappa shape index (κ1) is 24.8. The van der Waals surface area contributed by atoms with Crippen LogP contribution in [0.15, 0.2) is 48.8 Å². The number of carbonyl (C=O) groups excluding carboxylic acids is 3. The predicted octanol–water partition coefficient (Wildman–Crippen LogP) is 4.63. The maximum atomic E-state index is 15.0. The van der Waals surface area contributed by atoms with E-state index in [1.807, 2.05) is 6.07 Å². The summed E-state index contributed by atoms with van der Waals surface area (Å²) < 4.78 is 20.6. The van der Waals surface area contributed by atoms with Gasteiger partial charge in [-0.2, -0.15) is 5.26 Å². The quantitative estimate of drug-likeness (QED) is 0.206. The summed E-state index contributed by atoms with van der Waals surface area (Å²) in [5.74, 6) is -2.29. The van der Waals surface area contributed by atoms with Crippen molar-refractivity contribution in [3.8, 4) is 11.8 Å². The number of halogens is 2. The molecule has 2 atom stereocenters. The van der Waals surface area contributed by atoms with Crippen LogP contribution in [-0.4, -0.2) is 33.8 Å². The van der Waals surface area contributed by atoms with Crippen molar-refractivity contribution in [2.75, 3.05) is 5.32 Å². The van der Waals surface area contributed by atoms with Crippen molar-refractivity contribution >= 4 is 35.2 Å². The van der Waals surface area contributed by atoms with Gasteiger partial charge in [-0.15, -0.1) is 0 Å². The Morgan fingerprint density at radius 1 is 1.17 bits per heavy atom. The van der Waals surface area contributed by atoms with Crippen LogP contribution >= 0.6 is 11.6 Å². The van der Waals surface area contributed by atoms with Crippen LogP contribution in [-0.2, 0) is 0 Å². The number of aromatic nitrogens is 2. The minimum absolute atomic E-state index is 0.0337. The van der Waals surface area contributed by atoms with E-state index in [4.69, 9.17) is 21.6 Å². The zero-order chi connectivity index (χ0) is 25.8. The lowest BCUT2D eigenvalue weighted by molar-refractivity contribution is 0.0729. The molecule has 11 heteroatoms. The largest absolute Gasteiger partial charge is 0.422 e. The summed E-state index contributed by atoms with van der Waals surface area (Å²) in [6.45, 7) is 1.64. The Morgan fingerprint density at radius 2 is 1.97 bits per heavy atom. The number of amides is 2. The second kappa shape index (κ2) is 10.5. The highest BCUT2D eigenvalue weighted by Gasteiger charge is 2.44. The van der Waals surface area contributed by atoms with Gasteiger partial charge in [-0.05, 0) is 42.8 Å². The summed E-state index contributed by atoms with van der Waals surface area (Å²) in [6.07, 6.45) is 3.01. The number of nitriles is 1. The lowest BCUT2D eigenvalue weighted by Gasteiger charge is -2.15. The van der Waals surface area contributed by atoms with Gasteiger partial charge in [-0.1, -0.05) is 18.5 Å². The van der Waals surface area contributed by atoms with Gasteiger partial charge in [0, 0.05) is 36.3 Å². The van der Waals surface area contributed by atoms with E-state index in [1.165, 1.54) is 42.7 Å². The molecule has 3 aromatic rings. The molecule has 2 N–H and O–H groups in total. The fourth-order valence-corrected chi connectivity index (χ4v) is 3.73. The Labute approximate surface area is 210 Å². The molecular weight excluding hydrogens is 489 g/mol. The first-order chi connectivity index (χ1) is 17.3. The predicted molar refractivity (Wildman–Crippen MR) is 127 cm³/mol. The molecule has 182 valence electrons. The summed E-state index contributed by atoms with van der Waals surface area (Å²) in [5.41, 5.74) is 0.522. The number of Topliss-reactive ketones (excluding diaryl/α,β-unsaturated/α-hetero) is 1. The molecule has 1 aliphatic carbocycles. The van der Waals surface area contributed by atoms with Crippen molar-refractivity contribution in [1.29, 1.82) is 5.26 Å². The standard InChI is InChI=1S/C25H19ClFN5O4/c1-2-19(33)15-5-6-17(27)22(23(15)36-24(34)14-4-7-20(26)29-12-14)16-9-18(16)31-25(35)32-21-8-3-13(10-28)11-30-21/h3-8,11-12,16,18H,2,9H2,1H3,(H2,30,31,32,35). The van der Waals surface area contributed by atoms with E-state index >= 15 is 4.39 Å². The average molecular weight is 508 g/mol. The molecule has 1 aromatic carbocycles. The topological polar surface area (TPSA) is 134 Å². The Morgan fingerprint density at radius 3 is 2.61 bits per heavy atom. The third-order valence-electron chi connectivity index (χ3n) is 5.53. The first-order valence-corrected chi connectivity index (χ1v) is 11.3. The van der Waals surface area contributed by atoms with Gasteiger partial charge in [0.1, 0.15) is 28.6 Å². The highest BCUT2D eigenvalue weighted by atomic mass is 35.5. The summed E-state index contributed by atoms with van der Waals surface area (Å²) >= 11 is 5.77. The van der Waals surface area contributed by atoms with Crippen LogP contribution < -0.4 is 15.4 Å². The number of pyridine rings is 2. The zero-order valence-electron chi connectivity index (χ0n) is 18.9. The average Bonchev–Trinajstić information content (AvgIpc) is 3.62. The molecule has 1 fully saturated rings. The van der Waals surface area contributed by atoms with Crippen LogP contribution in [0.5, 0.6) is 5.75 Å². The molecule has 0 aliphatic heterocycles. The van der Waals surface area contributed by atoms with E-state index in [-0.39, 0.29) is 45.6 Å². The molecule has 36 heavy (non-hydrogen) atoms.